The summed E-state index contributed by atoms with van der Waals surface area (Å²) in [6.45, 7) is -2.17. The van der Waals surface area contributed by atoms with Crippen LogP contribution in [-0.4, -0.2) is 57.1 Å². The average Bonchev–Trinajstić information content (AvgIpc) is 2.90. The molecule has 0 aliphatic carbocycles. The zero-order valence-electron chi connectivity index (χ0n) is 20.2. The fourth-order valence-electron chi connectivity index (χ4n) is 3.85. The van der Waals surface area contributed by atoms with E-state index >= 15 is 0 Å². The van der Waals surface area contributed by atoms with Crippen LogP contribution in [0.25, 0.3) is 10.8 Å². The molecule has 0 fully saturated rings. The molecule has 4 aromatic rings. The van der Waals surface area contributed by atoms with Crippen LogP contribution in [0, 0.1) is 11.6 Å². The van der Waals surface area contributed by atoms with Gasteiger partial charge in [0, 0.05) is 10.8 Å². The van der Waals surface area contributed by atoms with Crippen LogP contribution in [0.3, 0.4) is 0 Å². The van der Waals surface area contributed by atoms with Crippen molar-refractivity contribution in [2.75, 3.05) is 21.7 Å². The van der Waals surface area contributed by atoms with E-state index in [1.165, 1.54) is 24.3 Å². The third kappa shape index (κ3) is 5.55. The number of pyridine rings is 1. The van der Waals surface area contributed by atoms with Crippen molar-refractivity contribution in [3.63, 3.8) is 0 Å². The van der Waals surface area contributed by atoms with Crippen molar-refractivity contribution < 1.29 is 45.4 Å². The summed E-state index contributed by atoms with van der Waals surface area (Å²) >= 11 is 0. The van der Waals surface area contributed by atoms with Gasteiger partial charge in [-0.05, 0) is 48.5 Å². The minimum atomic E-state index is -4.62. The summed E-state index contributed by atoms with van der Waals surface area (Å²) in [6.07, 6.45) is 0.900. The number of aliphatic carboxylic acids is 2. The topological polar surface area (TPSA) is 162 Å². The summed E-state index contributed by atoms with van der Waals surface area (Å²) < 4.78 is 81.7. The zero-order chi connectivity index (χ0) is 29.2. The molecule has 0 aliphatic heterocycles. The third-order valence-electron chi connectivity index (χ3n) is 5.62. The number of carboxylic acids is 2. The molecule has 1 heterocycles. The molecule has 3 aromatic carbocycles. The van der Waals surface area contributed by atoms with Crippen LogP contribution in [0.1, 0.15) is 0 Å². The minimum Gasteiger partial charge on any atom is -0.480 e. The van der Waals surface area contributed by atoms with E-state index in [0.717, 1.165) is 54.7 Å². The summed E-state index contributed by atoms with van der Waals surface area (Å²) in [6, 6.07) is 13.0. The van der Waals surface area contributed by atoms with Crippen LogP contribution < -0.4 is 8.61 Å². The lowest BCUT2D eigenvalue weighted by molar-refractivity contribution is -0.136. The minimum absolute atomic E-state index is 0.0177. The highest BCUT2D eigenvalue weighted by molar-refractivity contribution is 7.93. The Morgan fingerprint density at radius 1 is 0.675 bits per heavy atom. The number of hydrogen-bond acceptors (Lipinski definition) is 7. The Balaban J connectivity index is 1.95. The van der Waals surface area contributed by atoms with Crippen molar-refractivity contribution in [3.05, 3.63) is 90.6 Å². The molecule has 4 rings (SSSR count). The molecule has 208 valence electrons. The predicted molar refractivity (Wildman–Crippen MR) is 139 cm³/mol. The molecule has 2 N–H and O–H groups in total. The molecule has 0 bridgehead atoms. The highest BCUT2D eigenvalue weighted by Crippen LogP contribution is 2.36. The second-order valence-corrected chi connectivity index (χ2v) is 12.0. The monoisotopic (exact) mass is 591 g/mol. The largest absolute Gasteiger partial charge is 0.480 e. The average molecular weight is 592 g/mol. The maximum Gasteiger partial charge on any atom is 0.324 e. The molecule has 0 saturated carbocycles. The SMILES string of the molecule is O=C(O)CN(c1cnc(N(CC(=O)O)S(=O)(=O)c2ccc(F)cc2)c2ccccc12)S(=O)(=O)c1ccc(F)cc1. The lowest BCUT2D eigenvalue weighted by Gasteiger charge is -2.27. The van der Waals surface area contributed by atoms with E-state index in [1.54, 1.807) is 0 Å². The quantitative estimate of drug-likeness (QED) is 0.282. The number of rotatable bonds is 10. The number of fused-ring (bicyclic) bond motifs is 1. The molecule has 0 saturated heterocycles. The standard InChI is InChI=1S/C25H19F2N3O8S2/c26-16-5-9-18(10-6-16)39(35,36)29(14-23(31)32)22-13-28-25(21-4-2-1-3-20(21)22)30(15-24(33)34)40(37,38)19-11-7-17(27)8-12-19/h1-13H,14-15H2,(H,31,32)(H,33,34). The summed E-state index contributed by atoms with van der Waals surface area (Å²) in [7, 11) is -9.22. The molecule has 0 atom stereocenters. The third-order valence-corrected chi connectivity index (χ3v) is 9.14. The molecule has 1 aromatic heterocycles. The highest BCUT2D eigenvalue weighted by atomic mass is 32.2. The normalized spacial score (nSPS) is 11.8. The Labute approximate surface area is 226 Å². The van der Waals surface area contributed by atoms with Gasteiger partial charge in [-0.2, -0.15) is 0 Å². The van der Waals surface area contributed by atoms with Gasteiger partial charge in [-0.3, -0.25) is 13.9 Å². The van der Waals surface area contributed by atoms with Crippen molar-refractivity contribution in [2.24, 2.45) is 0 Å². The van der Waals surface area contributed by atoms with Crippen LogP contribution >= 0.6 is 0 Å². The Hall–Kier alpha value is -4.63. The molecule has 40 heavy (non-hydrogen) atoms. The van der Waals surface area contributed by atoms with E-state index in [9.17, 15) is 45.4 Å². The van der Waals surface area contributed by atoms with Gasteiger partial charge in [0.2, 0.25) is 0 Å². The van der Waals surface area contributed by atoms with Crippen LogP contribution in [0.2, 0.25) is 0 Å². The highest BCUT2D eigenvalue weighted by Gasteiger charge is 2.33. The number of hydrogen-bond donors (Lipinski definition) is 2. The summed E-state index contributed by atoms with van der Waals surface area (Å²) in [4.78, 5) is 26.6. The summed E-state index contributed by atoms with van der Waals surface area (Å²) in [5.41, 5.74) is -0.263. The van der Waals surface area contributed by atoms with Crippen LogP contribution in [0.5, 0.6) is 0 Å². The molecule has 0 spiro atoms. The van der Waals surface area contributed by atoms with Crippen LogP contribution in [-0.2, 0) is 29.6 Å². The molecule has 0 amide bonds. The van der Waals surface area contributed by atoms with Crippen molar-refractivity contribution in [2.45, 2.75) is 9.79 Å². The second kappa shape index (κ2) is 10.9. The Morgan fingerprint density at radius 3 is 1.57 bits per heavy atom. The summed E-state index contributed by atoms with van der Waals surface area (Å²) in [5.74, 6) is -4.93. The Bertz CT molecular complexity index is 1680. The van der Waals surface area contributed by atoms with Gasteiger partial charge in [-0.15, -0.1) is 0 Å². The number of nitrogens with zero attached hydrogens (tertiary/aromatic N) is 3. The Morgan fingerprint density at radius 2 is 1.10 bits per heavy atom. The fraction of sp³-hybridized carbons (Fsp3) is 0.0800. The van der Waals surface area contributed by atoms with E-state index in [-0.39, 0.29) is 16.5 Å². The van der Waals surface area contributed by atoms with Gasteiger partial charge in [-0.1, -0.05) is 24.3 Å². The van der Waals surface area contributed by atoms with Gasteiger partial charge in [0.05, 0.1) is 21.7 Å². The van der Waals surface area contributed by atoms with Gasteiger partial charge in [0.25, 0.3) is 20.0 Å². The first kappa shape index (κ1) is 28.4. The predicted octanol–water partition coefficient (Wildman–Crippen LogP) is 3.07. The van der Waals surface area contributed by atoms with E-state index < -0.39 is 72.3 Å². The number of carbonyl (C=O) groups is 2. The number of carboxylic acid groups (broad SMARTS) is 2. The molecule has 0 aliphatic rings. The lowest BCUT2D eigenvalue weighted by atomic mass is 10.1. The number of benzene rings is 3. The van der Waals surface area contributed by atoms with Crippen molar-refractivity contribution >= 4 is 54.3 Å². The number of aromatic nitrogens is 1. The zero-order valence-corrected chi connectivity index (χ0v) is 21.8. The van der Waals surface area contributed by atoms with Crippen molar-refractivity contribution in [1.29, 1.82) is 0 Å². The molecular weight excluding hydrogens is 572 g/mol. The smallest absolute Gasteiger partial charge is 0.324 e. The van der Waals surface area contributed by atoms with Gasteiger partial charge in [0.15, 0.2) is 5.82 Å². The number of halogens is 2. The number of anilines is 2. The van der Waals surface area contributed by atoms with E-state index in [0.29, 0.717) is 8.61 Å². The lowest BCUT2D eigenvalue weighted by Crippen LogP contribution is -2.37. The van der Waals surface area contributed by atoms with E-state index in [1.807, 2.05) is 0 Å². The maximum absolute atomic E-state index is 13.5. The molecule has 0 radical (unpaired) electrons. The van der Waals surface area contributed by atoms with Crippen molar-refractivity contribution in [1.82, 2.24) is 4.98 Å². The van der Waals surface area contributed by atoms with E-state index in [4.69, 9.17) is 0 Å². The maximum atomic E-state index is 13.5. The van der Waals surface area contributed by atoms with Gasteiger partial charge < -0.3 is 10.2 Å². The van der Waals surface area contributed by atoms with Crippen LogP contribution in [0.15, 0.2) is 88.8 Å². The van der Waals surface area contributed by atoms with Gasteiger partial charge in [-0.25, -0.2) is 34.9 Å². The van der Waals surface area contributed by atoms with Crippen molar-refractivity contribution in [3.8, 4) is 0 Å². The number of sulfonamides is 2. The second-order valence-electron chi connectivity index (χ2n) is 8.23. The first-order chi connectivity index (χ1) is 18.8. The fourth-order valence-corrected chi connectivity index (χ4v) is 6.65. The first-order valence-electron chi connectivity index (χ1n) is 11.2. The van der Waals surface area contributed by atoms with Gasteiger partial charge >= 0.3 is 11.9 Å². The summed E-state index contributed by atoms with van der Waals surface area (Å²) in [5, 5.41) is 19.0. The molecule has 0 unspecified atom stereocenters. The molecular formula is C25H19F2N3O8S2. The van der Waals surface area contributed by atoms with E-state index in [2.05, 4.69) is 4.98 Å². The molecule has 11 nitrogen and oxygen atoms in total. The molecule has 15 heteroatoms. The van der Waals surface area contributed by atoms with Crippen LogP contribution in [0.4, 0.5) is 20.3 Å². The van der Waals surface area contributed by atoms with Gasteiger partial charge in [0.1, 0.15) is 24.7 Å². The first-order valence-corrected chi connectivity index (χ1v) is 14.1. The Kier molecular flexibility index (Phi) is 7.70.